The summed E-state index contributed by atoms with van der Waals surface area (Å²) in [7, 11) is 0. The van der Waals surface area contributed by atoms with E-state index in [1.807, 2.05) is 0 Å². The number of hydrogen-bond acceptors (Lipinski definition) is 0. The third-order valence-electron chi connectivity index (χ3n) is 3.57. The molecule has 0 atom stereocenters. The van der Waals surface area contributed by atoms with Gasteiger partial charge in [0.2, 0.25) is 0 Å². The Hall–Kier alpha value is -0.0400. The Morgan fingerprint density at radius 1 is 0.611 bits per heavy atom. The molecule has 0 rings (SSSR count). The van der Waals surface area contributed by atoms with Gasteiger partial charge in [-0.2, -0.15) is 0 Å². The van der Waals surface area contributed by atoms with Crippen LogP contribution in [0, 0.1) is 0 Å². The molecule has 1 radical (unpaired) electrons. The zero-order valence-electron chi connectivity index (χ0n) is 12.5. The normalized spacial score (nSPS) is 11.4. The first-order chi connectivity index (χ1) is 8.91. The topological polar surface area (TPSA) is 0 Å². The van der Waals surface area contributed by atoms with Gasteiger partial charge in [0, 0.05) is 0 Å². The zero-order valence-corrected chi connectivity index (χ0v) is 13.3. The maximum atomic E-state index is 4.76. The molecule has 0 spiro atoms. The molecular weight excluding hydrogens is 236 g/mol. The van der Waals surface area contributed by atoms with Gasteiger partial charge in [-0.25, -0.2) is 0 Å². The van der Waals surface area contributed by atoms with Crippen LogP contribution >= 0.6 is 12.6 Å². The van der Waals surface area contributed by atoms with Gasteiger partial charge in [-0.3, -0.25) is 0 Å². The standard InChI is InChI=1S/C17H33S/c1-2-3-4-5-6-7-8-9-10-11-12-13-14-15-16-17-18/h16-17H,2-15H2,1H3/b17-16+. The SMILES string of the molecule is CCCCCCCCCCCCCCC/C=C/[S]. The fourth-order valence-corrected chi connectivity index (χ4v) is 2.48. The van der Waals surface area contributed by atoms with Crippen molar-refractivity contribution in [1.29, 1.82) is 0 Å². The molecule has 0 aliphatic heterocycles. The largest absolute Gasteiger partial charge is 0.0891 e. The second-order valence-electron chi connectivity index (χ2n) is 5.40. The van der Waals surface area contributed by atoms with Crippen molar-refractivity contribution in [2.45, 2.75) is 96.8 Å². The molecule has 0 unspecified atom stereocenters. The Balaban J connectivity index is 2.90. The minimum atomic E-state index is 1.18. The van der Waals surface area contributed by atoms with Crippen molar-refractivity contribution < 1.29 is 0 Å². The fraction of sp³-hybridized carbons (Fsp3) is 0.882. The van der Waals surface area contributed by atoms with Gasteiger partial charge in [0.25, 0.3) is 0 Å². The van der Waals surface area contributed by atoms with Crippen LogP contribution in [0.5, 0.6) is 0 Å². The van der Waals surface area contributed by atoms with E-state index >= 15 is 0 Å². The maximum Gasteiger partial charge on any atom is -0.00265 e. The molecule has 0 fully saturated rings. The Kier molecular flexibility index (Phi) is 16.9. The van der Waals surface area contributed by atoms with E-state index in [1.54, 1.807) is 5.41 Å². The number of unbranched alkanes of at least 4 members (excludes halogenated alkanes) is 13. The molecule has 0 nitrogen and oxygen atoms in total. The van der Waals surface area contributed by atoms with Crippen molar-refractivity contribution in [3.8, 4) is 0 Å². The van der Waals surface area contributed by atoms with Gasteiger partial charge >= 0.3 is 0 Å². The summed E-state index contributed by atoms with van der Waals surface area (Å²) in [6.45, 7) is 2.29. The van der Waals surface area contributed by atoms with Gasteiger partial charge < -0.3 is 0 Å². The molecule has 0 heterocycles. The lowest BCUT2D eigenvalue weighted by Gasteiger charge is -2.02. The van der Waals surface area contributed by atoms with Gasteiger partial charge in [0.05, 0.1) is 0 Å². The summed E-state index contributed by atoms with van der Waals surface area (Å²) in [6.07, 6.45) is 21.9. The third kappa shape index (κ3) is 16.0. The summed E-state index contributed by atoms with van der Waals surface area (Å²) < 4.78 is 0. The summed E-state index contributed by atoms with van der Waals surface area (Å²) in [6, 6.07) is 0. The second kappa shape index (κ2) is 17.0. The molecule has 0 bridgehead atoms. The van der Waals surface area contributed by atoms with Crippen molar-refractivity contribution in [3.05, 3.63) is 11.5 Å². The number of rotatable bonds is 14. The van der Waals surface area contributed by atoms with Gasteiger partial charge in [-0.1, -0.05) is 103 Å². The van der Waals surface area contributed by atoms with E-state index in [0.717, 1.165) is 0 Å². The summed E-state index contributed by atoms with van der Waals surface area (Å²) in [4.78, 5) is 0. The Labute approximate surface area is 121 Å². The molecule has 0 aromatic heterocycles. The van der Waals surface area contributed by atoms with Crippen LogP contribution in [0.15, 0.2) is 11.5 Å². The Morgan fingerprint density at radius 3 is 1.39 bits per heavy atom. The molecular formula is C17H33S. The second-order valence-corrected chi connectivity index (χ2v) is 5.68. The minimum absolute atomic E-state index is 1.18. The molecule has 0 amide bonds. The maximum absolute atomic E-state index is 4.76. The van der Waals surface area contributed by atoms with Crippen LogP contribution in [0.25, 0.3) is 0 Å². The van der Waals surface area contributed by atoms with Crippen molar-refractivity contribution in [2.75, 3.05) is 0 Å². The van der Waals surface area contributed by atoms with E-state index < -0.39 is 0 Å². The van der Waals surface area contributed by atoms with E-state index in [-0.39, 0.29) is 0 Å². The summed E-state index contributed by atoms with van der Waals surface area (Å²) in [5.74, 6) is 0. The third-order valence-corrected chi connectivity index (χ3v) is 3.76. The lowest BCUT2D eigenvalue weighted by atomic mass is 10.0. The van der Waals surface area contributed by atoms with Gasteiger partial charge in [0.15, 0.2) is 0 Å². The van der Waals surface area contributed by atoms with Crippen molar-refractivity contribution in [1.82, 2.24) is 0 Å². The molecule has 0 aliphatic carbocycles. The highest BCUT2D eigenvalue weighted by molar-refractivity contribution is 7.83. The predicted octanol–water partition coefficient (Wildman–Crippen LogP) is 7.18. The monoisotopic (exact) mass is 269 g/mol. The predicted molar refractivity (Wildman–Crippen MR) is 87.0 cm³/mol. The van der Waals surface area contributed by atoms with Gasteiger partial charge in [-0.05, 0) is 18.2 Å². The van der Waals surface area contributed by atoms with Crippen LogP contribution in [-0.4, -0.2) is 0 Å². The zero-order chi connectivity index (χ0) is 13.3. The molecule has 0 aliphatic rings. The average molecular weight is 270 g/mol. The highest BCUT2D eigenvalue weighted by atomic mass is 32.1. The van der Waals surface area contributed by atoms with Crippen LogP contribution < -0.4 is 0 Å². The number of allylic oxidation sites excluding steroid dienone is 1. The van der Waals surface area contributed by atoms with Crippen LogP contribution in [0.1, 0.15) is 96.8 Å². The van der Waals surface area contributed by atoms with E-state index in [2.05, 4.69) is 13.0 Å². The first-order valence-corrected chi connectivity index (χ1v) is 8.66. The van der Waals surface area contributed by atoms with Crippen LogP contribution in [0.4, 0.5) is 0 Å². The molecule has 0 saturated carbocycles. The number of hydrogen-bond donors (Lipinski definition) is 0. The van der Waals surface area contributed by atoms with Gasteiger partial charge in [0.1, 0.15) is 0 Å². The first kappa shape index (κ1) is 18.0. The molecule has 1 heteroatoms. The highest BCUT2D eigenvalue weighted by Gasteiger charge is 1.93. The van der Waals surface area contributed by atoms with E-state index in [9.17, 15) is 0 Å². The van der Waals surface area contributed by atoms with E-state index in [0.29, 0.717) is 0 Å². The molecule has 0 aromatic rings. The first-order valence-electron chi connectivity index (χ1n) is 8.18. The lowest BCUT2D eigenvalue weighted by Crippen LogP contribution is -1.82. The summed E-state index contributed by atoms with van der Waals surface area (Å²) in [5.41, 5.74) is 0. The van der Waals surface area contributed by atoms with Gasteiger partial charge in [-0.15, -0.1) is 0 Å². The smallest absolute Gasteiger partial charge is 0.00265 e. The molecule has 0 N–H and O–H groups in total. The Morgan fingerprint density at radius 2 is 1.00 bits per heavy atom. The minimum Gasteiger partial charge on any atom is -0.0891 e. The average Bonchev–Trinajstić information content (AvgIpc) is 2.39. The molecule has 107 valence electrons. The molecule has 0 saturated heterocycles. The van der Waals surface area contributed by atoms with Crippen LogP contribution in [0.3, 0.4) is 0 Å². The van der Waals surface area contributed by atoms with Crippen LogP contribution in [0.2, 0.25) is 0 Å². The molecule has 0 aromatic carbocycles. The highest BCUT2D eigenvalue weighted by Crippen LogP contribution is 2.12. The van der Waals surface area contributed by atoms with Crippen LogP contribution in [-0.2, 0) is 0 Å². The van der Waals surface area contributed by atoms with Crippen molar-refractivity contribution >= 4 is 12.6 Å². The quantitative estimate of drug-likeness (QED) is 0.293. The van der Waals surface area contributed by atoms with E-state index in [4.69, 9.17) is 12.6 Å². The summed E-state index contributed by atoms with van der Waals surface area (Å²) >= 11 is 4.76. The molecule has 18 heavy (non-hydrogen) atoms. The van der Waals surface area contributed by atoms with E-state index in [1.165, 1.54) is 89.9 Å². The summed E-state index contributed by atoms with van der Waals surface area (Å²) in [5, 5.41) is 1.75. The fourth-order valence-electron chi connectivity index (χ4n) is 2.35. The lowest BCUT2D eigenvalue weighted by molar-refractivity contribution is 0.540. The van der Waals surface area contributed by atoms with Crippen molar-refractivity contribution in [3.63, 3.8) is 0 Å². The Bertz CT molecular complexity index is 163. The van der Waals surface area contributed by atoms with Crippen molar-refractivity contribution in [2.24, 2.45) is 0 Å².